The van der Waals surface area contributed by atoms with Crippen LogP contribution < -0.4 is 5.32 Å². The van der Waals surface area contributed by atoms with Gasteiger partial charge in [0.15, 0.2) is 5.82 Å². The number of amides is 1. The first kappa shape index (κ1) is 14.7. The Morgan fingerprint density at radius 2 is 2.27 bits per heavy atom. The summed E-state index contributed by atoms with van der Waals surface area (Å²) in [6.07, 6.45) is 11.2. The number of nitrogens with one attached hydrogen (secondary N) is 1. The third-order valence-electron chi connectivity index (χ3n) is 4.10. The molecule has 2 aromatic rings. The van der Waals surface area contributed by atoms with Crippen molar-refractivity contribution in [2.24, 2.45) is 0 Å². The maximum atomic E-state index is 12.0. The molecule has 1 saturated carbocycles. The minimum absolute atomic E-state index is 0.0328. The van der Waals surface area contributed by atoms with E-state index in [0.29, 0.717) is 17.8 Å². The fraction of sp³-hybridized carbons (Fsp3) is 0.600. The lowest BCUT2D eigenvalue weighted by atomic mass is 9.95. The molecule has 0 unspecified atom stereocenters. The Hall–Kier alpha value is -2.18. The van der Waals surface area contributed by atoms with Crippen molar-refractivity contribution in [3.05, 3.63) is 30.4 Å². The summed E-state index contributed by atoms with van der Waals surface area (Å²) < 4.78 is 7.13. The molecule has 1 aliphatic rings. The number of carbonyl (C=O) groups excluding carboxylic acids is 1. The van der Waals surface area contributed by atoms with Crippen molar-refractivity contribution in [2.75, 3.05) is 0 Å². The van der Waals surface area contributed by atoms with Crippen LogP contribution in [0, 0.1) is 0 Å². The van der Waals surface area contributed by atoms with Gasteiger partial charge in [0.2, 0.25) is 11.8 Å². The molecule has 0 aliphatic heterocycles. The standard InChI is InChI=1S/C15H21N5O2/c1-11(20-8-7-16-10-20)15-18-13(19-22-15)9-14(21)17-12-5-3-2-4-6-12/h7-8,10-12H,2-6,9H2,1H3,(H,17,21)/t11-/m0/s1. The van der Waals surface area contributed by atoms with E-state index >= 15 is 0 Å². The number of imidazole rings is 1. The van der Waals surface area contributed by atoms with E-state index in [4.69, 9.17) is 4.52 Å². The Balaban J connectivity index is 1.56. The maximum Gasteiger partial charge on any atom is 0.249 e. The van der Waals surface area contributed by atoms with E-state index in [1.807, 2.05) is 17.7 Å². The maximum absolute atomic E-state index is 12.0. The number of hydrogen-bond acceptors (Lipinski definition) is 5. The van der Waals surface area contributed by atoms with Gasteiger partial charge in [-0.15, -0.1) is 0 Å². The molecular formula is C15H21N5O2. The van der Waals surface area contributed by atoms with Gasteiger partial charge in [0.1, 0.15) is 6.04 Å². The monoisotopic (exact) mass is 303 g/mol. The van der Waals surface area contributed by atoms with Crippen LogP contribution in [0.2, 0.25) is 0 Å². The molecule has 2 aromatic heterocycles. The molecule has 118 valence electrons. The largest absolute Gasteiger partial charge is 0.353 e. The van der Waals surface area contributed by atoms with Crippen molar-refractivity contribution in [3.63, 3.8) is 0 Å². The lowest BCUT2D eigenvalue weighted by molar-refractivity contribution is -0.121. The van der Waals surface area contributed by atoms with Gasteiger partial charge in [-0.25, -0.2) is 4.98 Å². The molecule has 7 nitrogen and oxygen atoms in total. The normalized spacial score (nSPS) is 17.3. The number of carbonyl (C=O) groups is 1. The number of rotatable bonds is 5. The minimum Gasteiger partial charge on any atom is -0.353 e. The van der Waals surface area contributed by atoms with E-state index in [2.05, 4.69) is 20.4 Å². The Bertz CT molecular complexity index is 601. The van der Waals surface area contributed by atoms with Crippen LogP contribution >= 0.6 is 0 Å². The van der Waals surface area contributed by atoms with Crippen LogP contribution in [0.15, 0.2) is 23.2 Å². The summed E-state index contributed by atoms with van der Waals surface area (Å²) in [5.41, 5.74) is 0. The third-order valence-corrected chi connectivity index (χ3v) is 4.10. The number of hydrogen-bond donors (Lipinski definition) is 1. The molecule has 0 aromatic carbocycles. The lowest BCUT2D eigenvalue weighted by Gasteiger charge is -2.22. The Morgan fingerprint density at radius 1 is 1.45 bits per heavy atom. The van der Waals surface area contributed by atoms with Crippen LogP contribution in [-0.2, 0) is 11.2 Å². The molecule has 0 radical (unpaired) electrons. The molecule has 1 fully saturated rings. The molecular weight excluding hydrogens is 282 g/mol. The summed E-state index contributed by atoms with van der Waals surface area (Å²) in [5, 5.41) is 6.96. The molecule has 0 spiro atoms. The van der Waals surface area contributed by atoms with E-state index in [1.54, 1.807) is 12.5 Å². The molecule has 1 amide bonds. The zero-order valence-corrected chi connectivity index (χ0v) is 12.7. The molecule has 0 saturated heterocycles. The van der Waals surface area contributed by atoms with Crippen LogP contribution in [0.5, 0.6) is 0 Å². The highest BCUT2D eigenvalue weighted by molar-refractivity contribution is 5.78. The first-order chi connectivity index (χ1) is 10.7. The molecule has 1 aliphatic carbocycles. The molecule has 2 heterocycles. The van der Waals surface area contributed by atoms with Gasteiger partial charge in [-0.05, 0) is 19.8 Å². The Kier molecular flexibility index (Phi) is 4.50. The molecule has 0 bridgehead atoms. The summed E-state index contributed by atoms with van der Waals surface area (Å²) in [4.78, 5) is 20.4. The van der Waals surface area contributed by atoms with Gasteiger partial charge in [-0.2, -0.15) is 4.98 Å². The Morgan fingerprint density at radius 3 is 3.00 bits per heavy atom. The van der Waals surface area contributed by atoms with Gasteiger partial charge in [0, 0.05) is 18.4 Å². The van der Waals surface area contributed by atoms with E-state index in [9.17, 15) is 4.79 Å². The summed E-state index contributed by atoms with van der Waals surface area (Å²) in [6.45, 7) is 1.95. The van der Waals surface area contributed by atoms with Crippen molar-refractivity contribution in [2.45, 2.75) is 57.5 Å². The smallest absolute Gasteiger partial charge is 0.249 e. The SMILES string of the molecule is C[C@@H](c1nc(CC(=O)NC2CCCCC2)no1)n1ccnc1. The van der Waals surface area contributed by atoms with Gasteiger partial charge in [-0.3, -0.25) is 4.79 Å². The van der Waals surface area contributed by atoms with Gasteiger partial charge in [-0.1, -0.05) is 24.4 Å². The summed E-state index contributed by atoms with van der Waals surface area (Å²) >= 11 is 0. The average molecular weight is 303 g/mol. The second kappa shape index (κ2) is 6.72. The van der Waals surface area contributed by atoms with Crippen LogP contribution in [0.1, 0.15) is 56.8 Å². The Labute approximate surface area is 129 Å². The topological polar surface area (TPSA) is 85.8 Å². The second-order valence-electron chi connectivity index (χ2n) is 5.81. The third kappa shape index (κ3) is 3.52. The minimum atomic E-state index is -0.0924. The van der Waals surface area contributed by atoms with Gasteiger partial charge in [0.25, 0.3) is 0 Å². The predicted octanol–water partition coefficient (Wildman–Crippen LogP) is 1.87. The molecule has 3 rings (SSSR count). The highest BCUT2D eigenvalue weighted by Crippen LogP contribution is 2.18. The predicted molar refractivity (Wildman–Crippen MR) is 79.1 cm³/mol. The van der Waals surface area contributed by atoms with Crippen molar-refractivity contribution in [3.8, 4) is 0 Å². The van der Waals surface area contributed by atoms with E-state index in [-0.39, 0.29) is 18.4 Å². The van der Waals surface area contributed by atoms with E-state index in [0.717, 1.165) is 12.8 Å². The summed E-state index contributed by atoms with van der Waals surface area (Å²) in [5.74, 6) is 0.878. The molecule has 1 N–H and O–H groups in total. The summed E-state index contributed by atoms with van der Waals surface area (Å²) in [6, 6.07) is 0.211. The highest BCUT2D eigenvalue weighted by atomic mass is 16.5. The van der Waals surface area contributed by atoms with Crippen LogP contribution in [0.25, 0.3) is 0 Å². The molecule has 22 heavy (non-hydrogen) atoms. The number of aromatic nitrogens is 4. The fourth-order valence-corrected chi connectivity index (χ4v) is 2.80. The molecule has 1 atom stereocenters. The van der Waals surface area contributed by atoms with Gasteiger partial charge < -0.3 is 14.4 Å². The summed E-state index contributed by atoms with van der Waals surface area (Å²) in [7, 11) is 0. The van der Waals surface area contributed by atoms with Gasteiger partial charge >= 0.3 is 0 Å². The average Bonchev–Trinajstić information content (AvgIpc) is 3.19. The molecule has 7 heteroatoms. The highest BCUT2D eigenvalue weighted by Gasteiger charge is 2.19. The van der Waals surface area contributed by atoms with Crippen molar-refractivity contribution >= 4 is 5.91 Å². The quantitative estimate of drug-likeness (QED) is 0.911. The zero-order valence-electron chi connectivity index (χ0n) is 12.7. The first-order valence-corrected chi connectivity index (χ1v) is 7.81. The lowest BCUT2D eigenvalue weighted by Crippen LogP contribution is -2.37. The van der Waals surface area contributed by atoms with Crippen molar-refractivity contribution < 1.29 is 9.32 Å². The van der Waals surface area contributed by atoms with E-state index < -0.39 is 0 Å². The van der Waals surface area contributed by atoms with Gasteiger partial charge in [0.05, 0.1) is 12.7 Å². The second-order valence-corrected chi connectivity index (χ2v) is 5.81. The van der Waals surface area contributed by atoms with E-state index in [1.165, 1.54) is 19.3 Å². The number of nitrogens with zero attached hydrogens (tertiary/aromatic N) is 4. The van der Waals surface area contributed by atoms with Crippen LogP contribution in [-0.4, -0.2) is 31.6 Å². The zero-order chi connectivity index (χ0) is 15.4. The van der Waals surface area contributed by atoms with Crippen molar-refractivity contribution in [1.29, 1.82) is 0 Å². The fourth-order valence-electron chi connectivity index (χ4n) is 2.80. The van der Waals surface area contributed by atoms with Crippen LogP contribution in [0.3, 0.4) is 0 Å². The van der Waals surface area contributed by atoms with Crippen molar-refractivity contribution in [1.82, 2.24) is 25.0 Å². The first-order valence-electron chi connectivity index (χ1n) is 7.81. The van der Waals surface area contributed by atoms with Crippen LogP contribution in [0.4, 0.5) is 0 Å².